The molecule has 2 atom stereocenters. The molecular formula is C12H15ClN2O. The summed E-state index contributed by atoms with van der Waals surface area (Å²) in [6.07, 6.45) is 1.21. The Morgan fingerprint density at radius 3 is 2.88 bits per heavy atom. The van der Waals surface area contributed by atoms with Gasteiger partial charge in [0.05, 0.1) is 10.7 Å². The van der Waals surface area contributed by atoms with Crippen molar-refractivity contribution in [3.8, 4) is 0 Å². The molecule has 2 rings (SSSR count). The summed E-state index contributed by atoms with van der Waals surface area (Å²) in [5, 5.41) is 3.32. The Bertz CT molecular complexity index is 419. The molecule has 0 heterocycles. The van der Waals surface area contributed by atoms with Crippen molar-refractivity contribution in [2.45, 2.75) is 13.3 Å². The maximum Gasteiger partial charge on any atom is 0.251 e. The van der Waals surface area contributed by atoms with E-state index in [1.807, 2.05) is 0 Å². The third-order valence-electron chi connectivity index (χ3n) is 3.06. The summed E-state index contributed by atoms with van der Waals surface area (Å²) >= 11 is 5.85. The highest BCUT2D eigenvalue weighted by Gasteiger charge is 2.32. The molecule has 3 N–H and O–H groups in total. The molecule has 3 nitrogen and oxygen atoms in total. The van der Waals surface area contributed by atoms with Gasteiger partial charge in [0.1, 0.15) is 0 Å². The van der Waals surface area contributed by atoms with Crippen molar-refractivity contribution in [2.75, 3.05) is 12.3 Å². The molecule has 1 aliphatic carbocycles. The summed E-state index contributed by atoms with van der Waals surface area (Å²) < 4.78 is 0. The van der Waals surface area contributed by atoms with Gasteiger partial charge in [0.25, 0.3) is 5.91 Å². The van der Waals surface area contributed by atoms with Gasteiger partial charge in [0, 0.05) is 12.1 Å². The van der Waals surface area contributed by atoms with E-state index in [1.165, 1.54) is 6.42 Å². The van der Waals surface area contributed by atoms with Crippen LogP contribution in [-0.4, -0.2) is 12.5 Å². The lowest BCUT2D eigenvalue weighted by atomic mass is 10.2. The first kappa shape index (κ1) is 11.3. The maximum atomic E-state index is 11.7. The standard InChI is InChI=1S/C12H15ClN2O/c1-7-4-9(7)6-15-12(16)8-2-3-11(14)10(13)5-8/h2-3,5,7,9H,4,6,14H2,1H3,(H,15,16). The number of anilines is 1. The van der Waals surface area contributed by atoms with Crippen molar-refractivity contribution in [2.24, 2.45) is 11.8 Å². The Morgan fingerprint density at radius 1 is 1.62 bits per heavy atom. The number of hydrogen-bond acceptors (Lipinski definition) is 2. The highest BCUT2D eigenvalue weighted by molar-refractivity contribution is 6.33. The normalized spacial score (nSPS) is 22.9. The molecule has 1 fully saturated rings. The summed E-state index contributed by atoms with van der Waals surface area (Å²) in [6.45, 7) is 2.94. The predicted molar refractivity (Wildman–Crippen MR) is 65.5 cm³/mol. The highest BCUT2D eigenvalue weighted by atomic mass is 35.5. The van der Waals surface area contributed by atoms with E-state index in [-0.39, 0.29) is 5.91 Å². The van der Waals surface area contributed by atoms with Crippen molar-refractivity contribution < 1.29 is 4.79 Å². The van der Waals surface area contributed by atoms with E-state index >= 15 is 0 Å². The van der Waals surface area contributed by atoms with Gasteiger partial charge in [-0.1, -0.05) is 18.5 Å². The van der Waals surface area contributed by atoms with E-state index in [0.29, 0.717) is 22.2 Å². The van der Waals surface area contributed by atoms with E-state index < -0.39 is 0 Å². The molecule has 0 saturated heterocycles. The molecule has 0 radical (unpaired) electrons. The van der Waals surface area contributed by atoms with Crippen LogP contribution in [0.25, 0.3) is 0 Å². The zero-order valence-electron chi connectivity index (χ0n) is 9.16. The average Bonchev–Trinajstić information content (AvgIpc) is 2.95. The van der Waals surface area contributed by atoms with Gasteiger partial charge < -0.3 is 11.1 Å². The van der Waals surface area contributed by atoms with E-state index in [0.717, 1.165) is 12.5 Å². The summed E-state index contributed by atoms with van der Waals surface area (Å²) in [7, 11) is 0. The first-order valence-corrected chi connectivity index (χ1v) is 5.79. The fourth-order valence-corrected chi connectivity index (χ4v) is 1.86. The van der Waals surface area contributed by atoms with Crippen LogP contribution >= 0.6 is 11.6 Å². The number of carbonyl (C=O) groups is 1. The Morgan fingerprint density at radius 2 is 2.31 bits per heavy atom. The molecule has 16 heavy (non-hydrogen) atoms. The Hall–Kier alpha value is -1.22. The lowest BCUT2D eigenvalue weighted by Crippen LogP contribution is -2.25. The monoisotopic (exact) mass is 238 g/mol. The molecule has 1 aromatic rings. The maximum absolute atomic E-state index is 11.7. The van der Waals surface area contributed by atoms with Crippen molar-refractivity contribution in [3.05, 3.63) is 28.8 Å². The second-order valence-corrected chi connectivity index (χ2v) is 4.83. The number of amides is 1. The van der Waals surface area contributed by atoms with Crippen LogP contribution in [0.3, 0.4) is 0 Å². The largest absolute Gasteiger partial charge is 0.398 e. The molecule has 4 heteroatoms. The second-order valence-electron chi connectivity index (χ2n) is 4.42. The molecule has 1 aliphatic rings. The van der Waals surface area contributed by atoms with Crippen molar-refractivity contribution in [1.82, 2.24) is 5.32 Å². The molecule has 0 aromatic heterocycles. The smallest absolute Gasteiger partial charge is 0.251 e. The Labute approximate surface area is 100.0 Å². The second kappa shape index (κ2) is 4.34. The zero-order valence-corrected chi connectivity index (χ0v) is 9.92. The lowest BCUT2D eigenvalue weighted by molar-refractivity contribution is 0.0951. The quantitative estimate of drug-likeness (QED) is 0.794. The van der Waals surface area contributed by atoms with Gasteiger partial charge in [-0.15, -0.1) is 0 Å². The Balaban J connectivity index is 1.95. The molecule has 86 valence electrons. The van der Waals surface area contributed by atoms with Crippen LogP contribution < -0.4 is 11.1 Å². The SMILES string of the molecule is CC1CC1CNC(=O)c1ccc(N)c(Cl)c1. The van der Waals surface area contributed by atoms with E-state index in [1.54, 1.807) is 18.2 Å². The number of carbonyl (C=O) groups excluding carboxylic acids is 1. The van der Waals surface area contributed by atoms with Crippen molar-refractivity contribution >= 4 is 23.2 Å². The average molecular weight is 239 g/mol. The molecule has 0 spiro atoms. The van der Waals surface area contributed by atoms with Gasteiger partial charge in [-0.3, -0.25) is 4.79 Å². The highest BCUT2D eigenvalue weighted by Crippen LogP contribution is 2.36. The number of nitrogen functional groups attached to an aromatic ring is 1. The first-order valence-electron chi connectivity index (χ1n) is 5.41. The number of rotatable bonds is 3. The fraction of sp³-hybridized carbons (Fsp3) is 0.417. The molecule has 2 unspecified atom stereocenters. The summed E-state index contributed by atoms with van der Waals surface area (Å²) in [6, 6.07) is 4.94. The predicted octanol–water partition coefficient (Wildman–Crippen LogP) is 2.31. The molecule has 0 bridgehead atoms. The van der Waals surface area contributed by atoms with Crippen LogP contribution in [-0.2, 0) is 0 Å². The van der Waals surface area contributed by atoms with Crippen LogP contribution in [0.15, 0.2) is 18.2 Å². The molecule has 1 amide bonds. The summed E-state index contributed by atoms with van der Waals surface area (Å²) in [4.78, 5) is 11.7. The van der Waals surface area contributed by atoms with Crippen LogP contribution in [0, 0.1) is 11.8 Å². The zero-order chi connectivity index (χ0) is 11.7. The van der Waals surface area contributed by atoms with Gasteiger partial charge in [-0.2, -0.15) is 0 Å². The van der Waals surface area contributed by atoms with Gasteiger partial charge >= 0.3 is 0 Å². The van der Waals surface area contributed by atoms with Gasteiger partial charge in [0.15, 0.2) is 0 Å². The van der Waals surface area contributed by atoms with E-state index in [2.05, 4.69) is 12.2 Å². The molecule has 0 aliphatic heterocycles. The van der Waals surface area contributed by atoms with Gasteiger partial charge in [0.2, 0.25) is 0 Å². The summed E-state index contributed by atoms with van der Waals surface area (Å²) in [5.74, 6) is 1.31. The minimum Gasteiger partial charge on any atom is -0.398 e. The topological polar surface area (TPSA) is 55.1 Å². The number of nitrogens with two attached hydrogens (primary N) is 1. The minimum absolute atomic E-state index is 0.0824. The third-order valence-corrected chi connectivity index (χ3v) is 3.39. The molecule has 1 aromatic carbocycles. The van der Waals surface area contributed by atoms with Crippen molar-refractivity contribution in [1.29, 1.82) is 0 Å². The lowest BCUT2D eigenvalue weighted by Gasteiger charge is -2.05. The van der Waals surface area contributed by atoms with Crippen molar-refractivity contribution in [3.63, 3.8) is 0 Å². The van der Waals surface area contributed by atoms with Crippen LogP contribution in [0.1, 0.15) is 23.7 Å². The van der Waals surface area contributed by atoms with Gasteiger partial charge in [-0.05, 0) is 36.5 Å². The minimum atomic E-state index is -0.0824. The summed E-state index contributed by atoms with van der Waals surface area (Å²) in [5.41, 5.74) is 6.63. The Kier molecular flexibility index (Phi) is 3.06. The first-order chi connectivity index (χ1) is 7.58. The van der Waals surface area contributed by atoms with Crippen LogP contribution in [0.2, 0.25) is 5.02 Å². The molecule has 1 saturated carbocycles. The fourth-order valence-electron chi connectivity index (χ4n) is 1.68. The van der Waals surface area contributed by atoms with Crippen LogP contribution in [0.4, 0.5) is 5.69 Å². The third kappa shape index (κ3) is 2.47. The number of benzene rings is 1. The number of hydrogen-bond donors (Lipinski definition) is 2. The number of nitrogens with one attached hydrogen (secondary N) is 1. The van der Waals surface area contributed by atoms with E-state index in [9.17, 15) is 4.79 Å². The number of halogens is 1. The molecular weight excluding hydrogens is 224 g/mol. The van der Waals surface area contributed by atoms with E-state index in [4.69, 9.17) is 17.3 Å². The van der Waals surface area contributed by atoms with Crippen LogP contribution in [0.5, 0.6) is 0 Å². The van der Waals surface area contributed by atoms with Gasteiger partial charge in [-0.25, -0.2) is 0 Å².